The lowest BCUT2D eigenvalue weighted by molar-refractivity contribution is -0.146. The number of likely N-dealkylation sites (tertiary alicyclic amines) is 1. The van der Waals surface area contributed by atoms with Crippen molar-refractivity contribution in [2.24, 2.45) is 5.92 Å². The zero-order valence-electron chi connectivity index (χ0n) is 22.8. The monoisotopic (exact) mass is 527 g/mol. The molecule has 202 valence electrons. The minimum absolute atomic E-state index is 0.0629. The lowest BCUT2D eigenvalue weighted by atomic mass is 9.89. The van der Waals surface area contributed by atoms with Gasteiger partial charge in [0.2, 0.25) is 15.9 Å². The summed E-state index contributed by atoms with van der Waals surface area (Å²) >= 11 is 0. The summed E-state index contributed by atoms with van der Waals surface area (Å²) in [5, 5.41) is 3.08. The molecule has 0 unspecified atom stereocenters. The van der Waals surface area contributed by atoms with Crippen LogP contribution < -0.4 is 5.32 Å². The molecule has 0 aromatic heterocycles. The fourth-order valence-electron chi connectivity index (χ4n) is 5.64. The third kappa shape index (κ3) is 6.42. The van der Waals surface area contributed by atoms with E-state index in [0.29, 0.717) is 30.5 Å². The number of sulfonamides is 1. The molecular formula is C29H41N3O4S. The van der Waals surface area contributed by atoms with Crippen molar-refractivity contribution in [3.8, 4) is 0 Å². The van der Waals surface area contributed by atoms with Crippen LogP contribution in [0.1, 0.15) is 49.8 Å². The minimum atomic E-state index is -3.68. The summed E-state index contributed by atoms with van der Waals surface area (Å²) in [6, 6.07) is 12.8. The molecule has 0 bridgehead atoms. The summed E-state index contributed by atoms with van der Waals surface area (Å²) in [7, 11) is -3.68. The highest BCUT2D eigenvalue weighted by Crippen LogP contribution is 2.35. The van der Waals surface area contributed by atoms with Crippen LogP contribution in [0.5, 0.6) is 0 Å². The Labute approximate surface area is 222 Å². The predicted octanol–water partition coefficient (Wildman–Crippen LogP) is 4.52. The molecule has 4 rings (SSSR count). The van der Waals surface area contributed by atoms with Crippen LogP contribution in [0.4, 0.5) is 5.69 Å². The van der Waals surface area contributed by atoms with Gasteiger partial charge >= 0.3 is 0 Å². The van der Waals surface area contributed by atoms with E-state index in [-0.39, 0.29) is 18.5 Å². The van der Waals surface area contributed by atoms with Crippen molar-refractivity contribution in [3.63, 3.8) is 0 Å². The van der Waals surface area contributed by atoms with Crippen LogP contribution in [0.3, 0.4) is 0 Å². The van der Waals surface area contributed by atoms with Gasteiger partial charge in [-0.15, -0.1) is 0 Å². The molecule has 0 radical (unpaired) electrons. The van der Waals surface area contributed by atoms with E-state index in [1.807, 2.05) is 51.1 Å². The van der Waals surface area contributed by atoms with Gasteiger partial charge in [-0.05, 0) is 75.8 Å². The molecule has 1 spiro atoms. The Morgan fingerprint density at radius 2 is 1.76 bits per heavy atom. The number of piperidine rings is 1. The molecule has 2 fully saturated rings. The molecule has 2 heterocycles. The van der Waals surface area contributed by atoms with Gasteiger partial charge in [-0.1, -0.05) is 49.7 Å². The average molecular weight is 528 g/mol. The maximum Gasteiger partial charge on any atom is 0.243 e. The number of anilines is 1. The summed E-state index contributed by atoms with van der Waals surface area (Å²) in [5.41, 5.74) is 3.33. The second-order valence-electron chi connectivity index (χ2n) is 11.3. The maximum atomic E-state index is 13.8. The van der Waals surface area contributed by atoms with E-state index in [0.717, 1.165) is 48.2 Å². The molecule has 0 aliphatic carbocycles. The van der Waals surface area contributed by atoms with Crippen molar-refractivity contribution in [2.75, 3.05) is 38.1 Å². The number of carbonyl (C=O) groups is 1. The largest absolute Gasteiger partial charge is 0.371 e. The van der Waals surface area contributed by atoms with Gasteiger partial charge in [0.25, 0.3) is 0 Å². The standard InChI is InChI=1S/C29H41N3O4S/c1-21(2)16-25-18-36-29(20-32(25)37(34,35)26-12-10-22(3)11-13-26)14-7-15-31(19-29)17-27(33)30-28-23(4)8-6-9-24(28)5/h6,8-13,21,25H,7,14-20H2,1-5H3,(H,30,33)/t25-,29-/m0/s1. The first-order valence-corrected chi connectivity index (χ1v) is 14.7. The normalized spacial score (nSPS) is 23.5. The smallest absolute Gasteiger partial charge is 0.243 e. The van der Waals surface area contributed by atoms with Crippen LogP contribution in [0.15, 0.2) is 47.4 Å². The number of hydrogen-bond donors (Lipinski definition) is 1. The van der Waals surface area contributed by atoms with Gasteiger partial charge in [-0.25, -0.2) is 8.42 Å². The Morgan fingerprint density at radius 1 is 1.08 bits per heavy atom. The third-order valence-electron chi connectivity index (χ3n) is 7.54. The summed E-state index contributed by atoms with van der Waals surface area (Å²) in [4.78, 5) is 15.4. The molecule has 1 N–H and O–H groups in total. The molecule has 37 heavy (non-hydrogen) atoms. The van der Waals surface area contributed by atoms with Gasteiger partial charge in [-0.2, -0.15) is 4.31 Å². The van der Waals surface area contributed by atoms with Crippen LogP contribution in [0, 0.1) is 26.7 Å². The molecule has 2 aliphatic heterocycles. The van der Waals surface area contributed by atoms with E-state index >= 15 is 0 Å². The number of benzene rings is 2. The Balaban J connectivity index is 1.51. The zero-order valence-corrected chi connectivity index (χ0v) is 23.6. The molecule has 2 aliphatic rings. The molecule has 2 atom stereocenters. The van der Waals surface area contributed by atoms with Crippen molar-refractivity contribution in [3.05, 3.63) is 59.2 Å². The number of hydrogen-bond acceptors (Lipinski definition) is 5. The molecule has 7 nitrogen and oxygen atoms in total. The first-order chi connectivity index (χ1) is 17.5. The van der Waals surface area contributed by atoms with Gasteiger partial charge in [0.1, 0.15) is 0 Å². The van der Waals surface area contributed by atoms with Crippen molar-refractivity contribution in [1.82, 2.24) is 9.21 Å². The van der Waals surface area contributed by atoms with E-state index in [1.54, 1.807) is 16.4 Å². The van der Waals surface area contributed by atoms with Crippen LogP contribution in [-0.2, 0) is 19.6 Å². The molecule has 2 saturated heterocycles. The Hall–Kier alpha value is -2.26. The SMILES string of the molecule is Cc1ccc(S(=O)(=O)N2C[C@@]3(CCCN(CC(=O)Nc4c(C)cccc4C)C3)OC[C@@H]2CC(C)C)cc1. The quantitative estimate of drug-likeness (QED) is 0.573. The van der Waals surface area contributed by atoms with Gasteiger partial charge in [-0.3, -0.25) is 9.69 Å². The number of aryl methyl sites for hydroxylation is 3. The summed E-state index contributed by atoms with van der Waals surface area (Å²) in [6.07, 6.45) is 2.36. The van der Waals surface area contributed by atoms with Crippen LogP contribution in [-0.4, -0.2) is 68.0 Å². The fraction of sp³-hybridized carbons (Fsp3) is 0.552. The van der Waals surface area contributed by atoms with Crippen LogP contribution in [0.25, 0.3) is 0 Å². The van der Waals surface area contributed by atoms with Gasteiger partial charge < -0.3 is 10.1 Å². The molecule has 0 saturated carbocycles. The summed E-state index contributed by atoms with van der Waals surface area (Å²) in [5.74, 6) is 0.280. The number of rotatable bonds is 7. The highest BCUT2D eigenvalue weighted by atomic mass is 32.2. The molecule has 2 aromatic carbocycles. The van der Waals surface area contributed by atoms with Crippen molar-refractivity contribution >= 4 is 21.6 Å². The zero-order chi connectivity index (χ0) is 26.8. The van der Waals surface area contributed by atoms with Crippen LogP contribution in [0.2, 0.25) is 0 Å². The van der Waals surface area contributed by atoms with Crippen LogP contribution >= 0.6 is 0 Å². The Kier molecular flexibility index (Phi) is 8.43. The fourth-order valence-corrected chi connectivity index (χ4v) is 7.33. The number of morpholine rings is 1. The Bertz CT molecular complexity index is 1190. The van der Waals surface area contributed by atoms with Crippen molar-refractivity contribution < 1.29 is 17.9 Å². The number of nitrogens with one attached hydrogen (secondary N) is 1. The molecule has 8 heteroatoms. The van der Waals surface area contributed by atoms with Crippen molar-refractivity contribution in [1.29, 1.82) is 0 Å². The van der Waals surface area contributed by atoms with Gasteiger partial charge in [0, 0.05) is 24.8 Å². The lowest BCUT2D eigenvalue weighted by Crippen LogP contribution is -2.64. The second kappa shape index (κ2) is 11.2. The van der Waals surface area contributed by atoms with E-state index in [4.69, 9.17) is 4.74 Å². The number of ether oxygens (including phenoxy) is 1. The molecule has 1 amide bonds. The minimum Gasteiger partial charge on any atom is -0.371 e. The van der Waals surface area contributed by atoms with Gasteiger partial charge in [0.15, 0.2) is 0 Å². The highest BCUT2D eigenvalue weighted by Gasteiger charge is 2.47. The van der Waals surface area contributed by atoms with Gasteiger partial charge in [0.05, 0.1) is 23.6 Å². The Morgan fingerprint density at radius 3 is 2.41 bits per heavy atom. The highest BCUT2D eigenvalue weighted by molar-refractivity contribution is 7.89. The van der Waals surface area contributed by atoms with E-state index in [9.17, 15) is 13.2 Å². The average Bonchev–Trinajstić information content (AvgIpc) is 2.83. The first kappa shape index (κ1) is 27.8. The topological polar surface area (TPSA) is 79.0 Å². The first-order valence-electron chi connectivity index (χ1n) is 13.3. The number of nitrogens with zero attached hydrogens (tertiary/aromatic N) is 2. The number of amides is 1. The van der Waals surface area contributed by atoms with E-state index in [1.165, 1.54) is 0 Å². The van der Waals surface area contributed by atoms with Crippen molar-refractivity contribution in [2.45, 2.75) is 70.4 Å². The number of para-hydroxylation sites is 1. The molecular weight excluding hydrogens is 486 g/mol. The van der Waals surface area contributed by atoms with E-state index < -0.39 is 15.6 Å². The second-order valence-corrected chi connectivity index (χ2v) is 13.2. The summed E-state index contributed by atoms with van der Waals surface area (Å²) < 4.78 is 35.8. The van der Waals surface area contributed by atoms with E-state index in [2.05, 4.69) is 24.1 Å². The number of carbonyl (C=O) groups excluding carboxylic acids is 1. The predicted molar refractivity (Wildman–Crippen MR) is 147 cm³/mol. The molecule has 2 aromatic rings. The maximum absolute atomic E-state index is 13.8. The third-order valence-corrected chi connectivity index (χ3v) is 9.45. The lowest BCUT2D eigenvalue weighted by Gasteiger charge is -2.50. The summed E-state index contributed by atoms with van der Waals surface area (Å²) in [6.45, 7) is 12.4.